The molecule has 0 aromatic carbocycles. The van der Waals surface area contributed by atoms with E-state index in [1.807, 2.05) is 0 Å². The molecule has 0 amide bonds. The normalized spacial score (nSPS) is 14.7. The molecule has 2 rings (SSSR count). The van der Waals surface area contributed by atoms with E-state index in [1.54, 1.807) is 0 Å². The van der Waals surface area contributed by atoms with Gasteiger partial charge in [0.25, 0.3) is 0 Å². The number of hydrogen-bond donors (Lipinski definition) is 1. The predicted octanol–water partition coefficient (Wildman–Crippen LogP) is 3.80. The Morgan fingerprint density at radius 1 is 1.25 bits per heavy atom. The Morgan fingerprint density at radius 2 is 2.00 bits per heavy atom. The summed E-state index contributed by atoms with van der Waals surface area (Å²) in [7, 11) is 0. The van der Waals surface area contributed by atoms with Gasteiger partial charge in [-0.05, 0) is 25.7 Å². The summed E-state index contributed by atoms with van der Waals surface area (Å²) < 4.78 is 0. The highest BCUT2D eigenvalue weighted by molar-refractivity contribution is 5.51. The molecule has 0 atom stereocenters. The first-order valence-electron chi connectivity index (χ1n) is 8.05. The summed E-state index contributed by atoms with van der Waals surface area (Å²) in [6.07, 6.45) is 4.88. The van der Waals surface area contributed by atoms with Gasteiger partial charge in [-0.2, -0.15) is 0 Å². The first-order chi connectivity index (χ1) is 9.65. The highest BCUT2D eigenvalue weighted by Gasteiger charge is 2.30. The number of aromatic nitrogens is 2. The molecule has 1 aromatic rings. The van der Waals surface area contributed by atoms with Crippen molar-refractivity contribution in [1.82, 2.24) is 9.97 Å². The molecule has 0 bridgehead atoms. The van der Waals surface area contributed by atoms with E-state index in [-0.39, 0.29) is 0 Å². The molecule has 20 heavy (non-hydrogen) atoms. The second-order valence-corrected chi connectivity index (χ2v) is 5.98. The van der Waals surface area contributed by atoms with Gasteiger partial charge in [0.15, 0.2) is 0 Å². The predicted molar refractivity (Wildman–Crippen MR) is 85.6 cm³/mol. The molecular formula is C16H28N4. The fraction of sp³-hybridized carbons (Fsp3) is 0.750. The maximum atomic E-state index is 4.80. The highest BCUT2D eigenvalue weighted by Crippen LogP contribution is 2.32. The SMILES string of the molecule is CCCNc1cc(N(CCC)C2CC2)nc(C(C)C)n1. The van der Waals surface area contributed by atoms with Crippen LogP contribution in [0.4, 0.5) is 11.6 Å². The first-order valence-corrected chi connectivity index (χ1v) is 8.05. The van der Waals surface area contributed by atoms with Crippen molar-refractivity contribution in [2.45, 2.75) is 65.3 Å². The molecular weight excluding hydrogens is 248 g/mol. The number of hydrogen-bond acceptors (Lipinski definition) is 4. The maximum Gasteiger partial charge on any atom is 0.135 e. The van der Waals surface area contributed by atoms with Gasteiger partial charge in [0.1, 0.15) is 17.5 Å². The lowest BCUT2D eigenvalue weighted by atomic mass is 10.2. The van der Waals surface area contributed by atoms with E-state index in [0.29, 0.717) is 12.0 Å². The van der Waals surface area contributed by atoms with Gasteiger partial charge in [0, 0.05) is 31.1 Å². The van der Waals surface area contributed by atoms with E-state index in [9.17, 15) is 0 Å². The van der Waals surface area contributed by atoms with Crippen LogP contribution in [0.2, 0.25) is 0 Å². The van der Waals surface area contributed by atoms with Crippen LogP contribution in [0, 0.1) is 0 Å². The molecule has 1 aromatic heterocycles. The van der Waals surface area contributed by atoms with Crippen molar-refractivity contribution in [1.29, 1.82) is 0 Å². The third-order valence-electron chi connectivity index (χ3n) is 3.55. The van der Waals surface area contributed by atoms with E-state index in [2.05, 4.69) is 49.0 Å². The molecule has 1 aliphatic rings. The average molecular weight is 276 g/mol. The van der Waals surface area contributed by atoms with Gasteiger partial charge in [0.05, 0.1) is 0 Å². The number of anilines is 2. The zero-order valence-electron chi connectivity index (χ0n) is 13.3. The lowest BCUT2D eigenvalue weighted by molar-refractivity contribution is 0.722. The summed E-state index contributed by atoms with van der Waals surface area (Å²) in [6, 6.07) is 2.82. The van der Waals surface area contributed by atoms with Crippen LogP contribution in [0.3, 0.4) is 0 Å². The Labute approximate surface area is 123 Å². The fourth-order valence-corrected chi connectivity index (χ4v) is 2.31. The van der Waals surface area contributed by atoms with Crippen LogP contribution in [0.25, 0.3) is 0 Å². The largest absolute Gasteiger partial charge is 0.370 e. The minimum Gasteiger partial charge on any atom is -0.370 e. The van der Waals surface area contributed by atoms with E-state index >= 15 is 0 Å². The van der Waals surface area contributed by atoms with Crippen LogP contribution in [0.1, 0.15) is 65.1 Å². The molecule has 0 unspecified atom stereocenters. The second kappa shape index (κ2) is 6.91. The monoisotopic (exact) mass is 276 g/mol. The van der Waals surface area contributed by atoms with Crippen LogP contribution < -0.4 is 10.2 Å². The number of nitrogens with one attached hydrogen (secondary N) is 1. The highest BCUT2D eigenvalue weighted by atomic mass is 15.2. The third kappa shape index (κ3) is 3.84. The van der Waals surface area contributed by atoms with Crippen LogP contribution in [-0.2, 0) is 0 Å². The Balaban J connectivity index is 2.26. The lowest BCUT2D eigenvalue weighted by Gasteiger charge is -2.24. The zero-order valence-corrected chi connectivity index (χ0v) is 13.3. The summed E-state index contributed by atoms with van der Waals surface area (Å²) >= 11 is 0. The van der Waals surface area contributed by atoms with Gasteiger partial charge in [-0.3, -0.25) is 0 Å². The minimum absolute atomic E-state index is 0.361. The summed E-state index contributed by atoms with van der Waals surface area (Å²) in [5.74, 6) is 3.39. The molecule has 1 heterocycles. The smallest absolute Gasteiger partial charge is 0.135 e. The average Bonchev–Trinajstić information content (AvgIpc) is 3.26. The summed E-state index contributed by atoms with van der Waals surface area (Å²) in [5, 5.41) is 3.41. The Hall–Kier alpha value is -1.32. The van der Waals surface area contributed by atoms with Crippen molar-refractivity contribution in [3.8, 4) is 0 Å². The standard InChI is InChI=1S/C16H28N4/c1-5-9-17-14-11-15(19-16(18-14)12(3)4)20(10-6-2)13-7-8-13/h11-13H,5-10H2,1-4H3,(H,17,18,19). The molecule has 1 N–H and O–H groups in total. The fourth-order valence-electron chi connectivity index (χ4n) is 2.31. The van der Waals surface area contributed by atoms with Crippen LogP contribution in [0.5, 0.6) is 0 Å². The summed E-state index contributed by atoms with van der Waals surface area (Å²) in [5.41, 5.74) is 0. The van der Waals surface area contributed by atoms with Gasteiger partial charge in [-0.15, -0.1) is 0 Å². The Morgan fingerprint density at radius 3 is 2.55 bits per heavy atom. The Bertz CT molecular complexity index is 426. The quantitative estimate of drug-likeness (QED) is 0.784. The molecule has 0 saturated heterocycles. The van der Waals surface area contributed by atoms with E-state index in [4.69, 9.17) is 4.98 Å². The van der Waals surface area contributed by atoms with E-state index < -0.39 is 0 Å². The van der Waals surface area contributed by atoms with Gasteiger partial charge >= 0.3 is 0 Å². The van der Waals surface area contributed by atoms with Crippen LogP contribution in [-0.4, -0.2) is 29.1 Å². The molecule has 4 heteroatoms. The second-order valence-electron chi connectivity index (χ2n) is 5.98. The molecule has 0 aliphatic heterocycles. The van der Waals surface area contributed by atoms with Crippen LogP contribution in [0.15, 0.2) is 6.07 Å². The van der Waals surface area contributed by atoms with Crippen molar-refractivity contribution in [2.75, 3.05) is 23.3 Å². The number of nitrogens with zero attached hydrogens (tertiary/aromatic N) is 3. The van der Waals surface area contributed by atoms with Gasteiger partial charge in [-0.1, -0.05) is 27.7 Å². The third-order valence-corrected chi connectivity index (χ3v) is 3.55. The molecule has 0 spiro atoms. The Kier molecular flexibility index (Phi) is 5.21. The molecule has 1 saturated carbocycles. The van der Waals surface area contributed by atoms with E-state index in [0.717, 1.165) is 43.4 Å². The van der Waals surface area contributed by atoms with Crippen molar-refractivity contribution < 1.29 is 0 Å². The van der Waals surface area contributed by atoms with Gasteiger partial charge in [0.2, 0.25) is 0 Å². The van der Waals surface area contributed by atoms with Crippen molar-refractivity contribution in [2.24, 2.45) is 0 Å². The van der Waals surface area contributed by atoms with Gasteiger partial charge in [-0.25, -0.2) is 9.97 Å². The van der Waals surface area contributed by atoms with Crippen molar-refractivity contribution >= 4 is 11.6 Å². The minimum atomic E-state index is 0.361. The summed E-state index contributed by atoms with van der Waals surface area (Å²) in [4.78, 5) is 11.9. The molecule has 1 fully saturated rings. The molecule has 4 nitrogen and oxygen atoms in total. The van der Waals surface area contributed by atoms with Crippen molar-refractivity contribution in [3.05, 3.63) is 11.9 Å². The molecule has 112 valence electrons. The molecule has 0 radical (unpaired) electrons. The summed E-state index contributed by atoms with van der Waals surface area (Å²) in [6.45, 7) is 10.8. The van der Waals surface area contributed by atoms with Crippen LogP contribution >= 0.6 is 0 Å². The van der Waals surface area contributed by atoms with Crippen molar-refractivity contribution in [3.63, 3.8) is 0 Å². The first kappa shape index (κ1) is 15.1. The van der Waals surface area contributed by atoms with E-state index in [1.165, 1.54) is 12.8 Å². The maximum absolute atomic E-state index is 4.80. The zero-order chi connectivity index (χ0) is 14.5. The topological polar surface area (TPSA) is 41.0 Å². The molecule has 1 aliphatic carbocycles. The lowest BCUT2D eigenvalue weighted by Crippen LogP contribution is -2.28. The van der Waals surface area contributed by atoms with Gasteiger partial charge < -0.3 is 10.2 Å². The number of rotatable bonds is 8.